The molecular weight excluding hydrogens is 326 g/mol. The molecule has 1 fully saturated rings. The summed E-state index contributed by atoms with van der Waals surface area (Å²) in [6, 6.07) is 7.62. The Morgan fingerprint density at radius 3 is 2.83 bits per heavy atom. The van der Waals surface area contributed by atoms with Gasteiger partial charge in [-0.15, -0.1) is 0 Å². The van der Waals surface area contributed by atoms with Crippen LogP contribution in [0.4, 0.5) is 0 Å². The molecule has 6 heteroatoms. The van der Waals surface area contributed by atoms with Crippen LogP contribution >= 0.6 is 11.6 Å². The minimum absolute atomic E-state index is 0.0507. The van der Waals surface area contributed by atoms with E-state index in [-0.39, 0.29) is 12.5 Å². The van der Waals surface area contributed by atoms with Crippen LogP contribution in [-0.2, 0) is 9.53 Å². The van der Waals surface area contributed by atoms with Crippen LogP contribution in [0.2, 0.25) is 5.02 Å². The maximum Gasteiger partial charge on any atom is 0.248 e. The van der Waals surface area contributed by atoms with Crippen molar-refractivity contribution in [2.45, 2.75) is 18.8 Å². The quantitative estimate of drug-likeness (QED) is 0.854. The average molecular weight is 346 g/mol. The van der Waals surface area contributed by atoms with E-state index in [4.69, 9.17) is 21.3 Å². The first-order valence-corrected chi connectivity index (χ1v) is 8.40. The molecule has 1 aromatic heterocycles. The number of carbonyl (C=O) groups excluding carboxylic acids is 1. The Bertz CT molecular complexity index is 715. The van der Waals surface area contributed by atoms with Crippen molar-refractivity contribution in [1.82, 2.24) is 14.9 Å². The van der Waals surface area contributed by atoms with Gasteiger partial charge in [0.25, 0.3) is 0 Å². The van der Waals surface area contributed by atoms with Gasteiger partial charge in [0.05, 0.1) is 17.6 Å². The lowest BCUT2D eigenvalue weighted by Gasteiger charge is -2.31. The van der Waals surface area contributed by atoms with E-state index in [1.807, 2.05) is 35.4 Å². The molecule has 1 aliphatic rings. The van der Waals surface area contributed by atoms with Gasteiger partial charge in [-0.3, -0.25) is 9.78 Å². The number of halogens is 1. The predicted molar refractivity (Wildman–Crippen MR) is 92.9 cm³/mol. The molecule has 0 spiro atoms. The summed E-state index contributed by atoms with van der Waals surface area (Å²) in [5.41, 5.74) is 2.77. The van der Waals surface area contributed by atoms with Crippen LogP contribution in [0.5, 0.6) is 0 Å². The van der Waals surface area contributed by atoms with E-state index in [1.54, 1.807) is 13.3 Å². The van der Waals surface area contributed by atoms with Crippen LogP contribution in [-0.4, -0.2) is 47.6 Å². The van der Waals surface area contributed by atoms with Gasteiger partial charge in [-0.25, -0.2) is 4.98 Å². The number of likely N-dealkylation sites (tertiary alicyclic amines) is 1. The number of aromatic nitrogens is 2. The van der Waals surface area contributed by atoms with E-state index in [0.717, 1.165) is 42.9 Å². The Balaban J connectivity index is 1.70. The maximum atomic E-state index is 11.9. The highest BCUT2D eigenvalue weighted by molar-refractivity contribution is 6.30. The lowest BCUT2D eigenvalue weighted by Crippen LogP contribution is -2.39. The van der Waals surface area contributed by atoms with Crippen LogP contribution in [0, 0.1) is 0 Å². The third kappa shape index (κ3) is 3.91. The van der Waals surface area contributed by atoms with E-state index < -0.39 is 0 Å². The Labute approximate surface area is 146 Å². The second kappa shape index (κ2) is 7.73. The molecular formula is C18H20ClN3O2. The van der Waals surface area contributed by atoms with Crippen molar-refractivity contribution >= 4 is 17.5 Å². The molecule has 2 heterocycles. The molecule has 0 atom stereocenters. The van der Waals surface area contributed by atoms with E-state index in [1.165, 1.54) is 0 Å². The smallest absolute Gasteiger partial charge is 0.248 e. The number of piperidine rings is 1. The Morgan fingerprint density at radius 1 is 1.33 bits per heavy atom. The zero-order valence-electron chi connectivity index (χ0n) is 13.6. The minimum Gasteiger partial charge on any atom is -0.375 e. The molecule has 0 bridgehead atoms. The molecule has 0 unspecified atom stereocenters. The zero-order valence-corrected chi connectivity index (χ0v) is 14.4. The van der Waals surface area contributed by atoms with Gasteiger partial charge >= 0.3 is 0 Å². The molecule has 1 amide bonds. The third-order valence-electron chi connectivity index (χ3n) is 4.31. The van der Waals surface area contributed by atoms with E-state index in [9.17, 15) is 4.79 Å². The lowest BCUT2D eigenvalue weighted by atomic mass is 9.93. The zero-order chi connectivity index (χ0) is 16.9. The molecule has 24 heavy (non-hydrogen) atoms. The number of nitrogens with zero attached hydrogens (tertiary/aromatic N) is 3. The first kappa shape index (κ1) is 16.9. The standard InChI is InChI=1S/C18H20ClN3O2/c1-24-12-18(23)22-7-5-13(6-8-22)16-10-20-11-17(21-16)14-3-2-4-15(19)9-14/h2-4,9-11,13H,5-8,12H2,1H3. The summed E-state index contributed by atoms with van der Waals surface area (Å²) >= 11 is 6.06. The fourth-order valence-corrected chi connectivity index (χ4v) is 3.19. The van der Waals surface area contributed by atoms with Gasteiger partial charge in [-0.05, 0) is 25.0 Å². The van der Waals surface area contributed by atoms with Crippen molar-refractivity contribution in [2.75, 3.05) is 26.8 Å². The summed E-state index contributed by atoms with van der Waals surface area (Å²) in [4.78, 5) is 22.8. The fourth-order valence-electron chi connectivity index (χ4n) is 3.00. The number of benzene rings is 1. The van der Waals surface area contributed by atoms with Gasteiger partial charge in [0, 0.05) is 42.9 Å². The SMILES string of the molecule is COCC(=O)N1CCC(c2cncc(-c3cccc(Cl)c3)n2)CC1. The largest absolute Gasteiger partial charge is 0.375 e. The summed E-state index contributed by atoms with van der Waals surface area (Å²) in [7, 11) is 1.54. The van der Waals surface area contributed by atoms with Crippen molar-refractivity contribution in [3.8, 4) is 11.3 Å². The molecule has 0 saturated carbocycles. The van der Waals surface area contributed by atoms with Crippen molar-refractivity contribution < 1.29 is 9.53 Å². The number of methoxy groups -OCH3 is 1. The molecule has 126 valence electrons. The number of hydrogen-bond donors (Lipinski definition) is 0. The Hall–Kier alpha value is -1.98. The topological polar surface area (TPSA) is 55.3 Å². The Kier molecular flexibility index (Phi) is 5.43. The summed E-state index contributed by atoms with van der Waals surface area (Å²) < 4.78 is 4.92. The van der Waals surface area contributed by atoms with E-state index in [0.29, 0.717) is 10.9 Å². The normalized spacial score (nSPS) is 15.5. The Morgan fingerprint density at radius 2 is 2.12 bits per heavy atom. The van der Waals surface area contributed by atoms with Crippen LogP contribution < -0.4 is 0 Å². The highest BCUT2D eigenvalue weighted by Crippen LogP contribution is 2.28. The van der Waals surface area contributed by atoms with Gasteiger partial charge in [-0.2, -0.15) is 0 Å². The lowest BCUT2D eigenvalue weighted by molar-refractivity contribution is -0.136. The first-order chi connectivity index (χ1) is 11.7. The monoisotopic (exact) mass is 345 g/mol. The van der Waals surface area contributed by atoms with Crippen LogP contribution in [0.25, 0.3) is 11.3 Å². The molecule has 0 radical (unpaired) electrons. The third-order valence-corrected chi connectivity index (χ3v) is 4.54. The molecule has 1 aliphatic heterocycles. The van der Waals surface area contributed by atoms with Gasteiger partial charge in [0.15, 0.2) is 0 Å². The van der Waals surface area contributed by atoms with Gasteiger partial charge in [0.2, 0.25) is 5.91 Å². The molecule has 3 rings (SSSR count). The molecule has 0 N–H and O–H groups in total. The molecule has 2 aromatic rings. The summed E-state index contributed by atoms with van der Waals surface area (Å²) in [5, 5.41) is 0.685. The van der Waals surface area contributed by atoms with Gasteiger partial charge < -0.3 is 9.64 Å². The van der Waals surface area contributed by atoms with Crippen molar-refractivity contribution in [1.29, 1.82) is 0 Å². The van der Waals surface area contributed by atoms with Crippen molar-refractivity contribution in [3.63, 3.8) is 0 Å². The second-order valence-corrected chi connectivity index (χ2v) is 6.36. The minimum atomic E-state index is 0.0507. The van der Waals surface area contributed by atoms with Gasteiger partial charge in [0.1, 0.15) is 6.61 Å². The average Bonchev–Trinajstić information content (AvgIpc) is 2.62. The molecule has 0 aliphatic carbocycles. The molecule has 5 nitrogen and oxygen atoms in total. The van der Waals surface area contributed by atoms with E-state index >= 15 is 0 Å². The number of hydrogen-bond acceptors (Lipinski definition) is 4. The maximum absolute atomic E-state index is 11.9. The number of carbonyl (C=O) groups is 1. The summed E-state index contributed by atoms with van der Waals surface area (Å²) in [5.74, 6) is 0.373. The van der Waals surface area contributed by atoms with Crippen molar-refractivity contribution in [2.24, 2.45) is 0 Å². The fraction of sp³-hybridized carbons (Fsp3) is 0.389. The summed E-state index contributed by atoms with van der Waals surface area (Å²) in [6.07, 6.45) is 5.37. The second-order valence-electron chi connectivity index (χ2n) is 5.93. The summed E-state index contributed by atoms with van der Waals surface area (Å²) in [6.45, 7) is 1.61. The van der Waals surface area contributed by atoms with Crippen LogP contribution in [0.1, 0.15) is 24.5 Å². The van der Waals surface area contributed by atoms with Gasteiger partial charge in [-0.1, -0.05) is 23.7 Å². The predicted octanol–water partition coefficient (Wildman–Crippen LogP) is 3.15. The van der Waals surface area contributed by atoms with Crippen LogP contribution in [0.15, 0.2) is 36.7 Å². The van der Waals surface area contributed by atoms with E-state index in [2.05, 4.69) is 4.98 Å². The highest BCUT2D eigenvalue weighted by atomic mass is 35.5. The molecule has 1 aromatic carbocycles. The number of amides is 1. The first-order valence-electron chi connectivity index (χ1n) is 8.02. The highest BCUT2D eigenvalue weighted by Gasteiger charge is 2.24. The molecule has 1 saturated heterocycles. The van der Waals surface area contributed by atoms with Crippen molar-refractivity contribution in [3.05, 3.63) is 47.4 Å². The number of rotatable bonds is 4. The van der Waals surface area contributed by atoms with Crippen LogP contribution in [0.3, 0.4) is 0 Å². The number of ether oxygens (including phenoxy) is 1.